The van der Waals surface area contributed by atoms with Gasteiger partial charge in [0.15, 0.2) is 0 Å². The Kier molecular flexibility index (Phi) is 12.0. The lowest BCUT2D eigenvalue weighted by Gasteiger charge is -1.90. The van der Waals surface area contributed by atoms with Crippen LogP contribution in [0.2, 0.25) is 0 Å². The highest BCUT2D eigenvalue weighted by Gasteiger charge is 1.81. The third-order valence-corrected chi connectivity index (χ3v) is 2.29. The fraction of sp³-hybridized carbons (Fsp3) is 0.200. The largest absolute Gasteiger partial charge is 0.0683 e. The van der Waals surface area contributed by atoms with Crippen LogP contribution in [-0.2, 0) is 0 Å². The van der Waals surface area contributed by atoms with Gasteiger partial charge in [0.05, 0.1) is 0 Å². The summed E-state index contributed by atoms with van der Waals surface area (Å²) >= 11 is 0. The molecule has 0 atom stereocenters. The third-order valence-electron chi connectivity index (χ3n) is 2.29. The second kappa shape index (κ2) is 13.4. The van der Waals surface area contributed by atoms with E-state index in [9.17, 15) is 0 Å². The average molecular weight is 266 g/mol. The molecule has 0 heteroatoms. The molecular weight excluding hydrogens is 240 g/mol. The molecule has 0 amide bonds. The zero-order valence-electron chi connectivity index (χ0n) is 13.1. The van der Waals surface area contributed by atoms with Crippen LogP contribution in [0.3, 0.4) is 0 Å². The first-order valence-electron chi connectivity index (χ1n) is 7.40. The van der Waals surface area contributed by atoms with E-state index in [0.717, 1.165) is 0 Å². The summed E-state index contributed by atoms with van der Waals surface area (Å²) in [6, 6.07) is 20.6. The maximum absolute atomic E-state index is 2.10. The first-order valence-corrected chi connectivity index (χ1v) is 7.40. The molecule has 106 valence electrons. The predicted molar refractivity (Wildman–Crippen MR) is 93.6 cm³/mol. The van der Waals surface area contributed by atoms with Gasteiger partial charge >= 0.3 is 0 Å². The highest BCUT2D eigenvalue weighted by atomic mass is 13.9. The van der Waals surface area contributed by atoms with Crippen LogP contribution in [0.25, 0.3) is 12.2 Å². The zero-order valence-corrected chi connectivity index (χ0v) is 13.1. The number of allylic oxidation sites excluding steroid dienone is 2. The Labute approximate surface area is 124 Å². The molecule has 0 saturated heterocycles. The van der Waals surface area contributed by atoms with Crippen molar-refractivity contribution in [3.8, 4) is 0 Å². The SMILES string of the molecule is C(/C=C/c1ccccc1)=C\c1ccccc1.CC.CC. The van der Waals surface area contributed by atoms with Gasteiger partial charge in [0, 0.05) is 0 Å². The number of benzene rings is 2. The van der Waals surface area contributed by atoms with Crippen LogP contribution in [0.4, 0.5) is 0 Å². The van der Waals surface area contributed by atoms with Crippen molar-refractivity contribution in [3.63, 3.8) is 0 Å². The van der Waals surface area contributed by atoms with Gasteiger partial charge in [-0.15, -0.1) is 0 Å². The van der Waals surface area contributed by atoms with E-state index in [0.29, 0.717) is 0 Å². The van der Waals surface area contributed by atoms with Gasteiger partial charge in [-0.3, -0.25) is 0 Å². The lowest BCUT2D eigenvalue weighted by molar-refractivity contribution is 1.50. The molecule has 0 aliphatic carbocycles. The Morgan fingerprint density at radius 3 is 1.10 bits per heavy atom. The molecule has 2 aromatic carbocycles. The zero-order chi connectivity index (χ0) is 15.1. The van der Waals surface area contributed by atoms with Gasteiger partial charge in [-0.1, -0.05) is 113 Å². The van der Waals surface area contributed by atoms with Crippen LogP contribution in [-0.4, -0.2) is 0 Å². The Bertz CT molecular complexity index is 416. The molecule has 0 bridgehead atoms. The molecule has 0 aliphatic heterocycles. The first kappa shape index (κ1) is 17.9. The predicted octanol–water partition coefficient (Wildman–Crippen LogP) is 6.47. The summed E-state index contributed by atoms with van der Waals surface area (Å²) in [5.41, 5.74) is 2.44. The average Bonchev–Trinajstić information content (AvgIpc) is 2.57. The van der Waals surface area contributed by atoms with Gasteiger partial charge in [-0.05, 0) is 11.1 Å². The van der Waals surface area contributed by atoms with Gasteiger partial charge in [0.1, 0.15) is 0 Å². The molecule has 0 N–H and O–H groups in total. The van der Waals surface area contributed by atoms with Crippen LogP contribution >= 0.6 is 0 Å². The van der Waals surface area contributed by atoms with E-state index in [1.165, 1.54) is 11.1 Å². The highest BCUT2D eigenvalue weighted by molar-refractivity contribution is 5.56. The topological polar surface area (TPSA) is 0 Å². The van der Waals surface area contributed by atoms with Gasteiger partial charge < -0.3 is 0 Å². The summed E-state index contributed by atoms with van der Waals surface area (Å²) < 4.78 is 0. The van der Waals surface area contributed by atoms with Gasteiger partial charge in [-0.25, -0.2) is 0 Å². The summed E-state index contributed by atoms with van der Waals surface area (Å²) in [5, 5.41) is 0. The fourth-order valence-corrected chi connectivity index (χ4v) is 1.46. The first-order chi connectivity index (χ1) is 9.95. The smallest absolute Gasteiger partial charge is 0.0257 e. The molecular formula is C20H26. The molecule has 0 fully saturated rings. The fourth-order valence-electron chi connectivity index (χ4n) is 1.46. The van der Waals surface area contributed by atoms with Gasteiger partial charge in [0.25, 0.3) is 0 Å². The molecule has 0 aromatic heterocycles. The Morgan fingerprint density at radius 1 is 0.500 bits per heavy atom. The van der Waals surface area contributed by atoms with E-state index in [1.807, 2.05) is 64.1 Å². The normalized spacial score (nSPS) is 9.60. The van der Waals surface area contributed by atoms with Crippen molar-refractivity contribution in [2.24, 2.45) is 0 Å². The van der Waals surface area contributed by atoms with Crippen LogP contribution in [0.1, 0.15) is 38.8 Å². The lowest BCUT2D eigenvalue weighted by Crippen LogP contribution is -1.68. The van der Waals surface area contributed by atoms with Crippen molar-refractivity contribution in [3.05, 3.63) is 83.9 Å². The third kappa shape index (κ3) is 8.10. The monoisotopic (exact) mass is 266 g/mol. The van der Waals surface area contributed by atoms with Crippen LogP contribution in [0, 0.1) is 0 Å². The summed E-state index contributed by atoms with van der Waals surface area (Å²) in [6.45, 7) is 8.00. The molecule has 0 unspecified atom stereocenters. The van der Waals surface area contributed by atoms with Gasteiger partial charge in [0.2, 0.25) is 0 Å². The lowest BCUT2D eigenvalue weighted by atomic mass is 10.2. The maximum atomic E-state index is 2.10. The van der Waals surface area contributed by atoms with Crippen LogP contribution in [0.15, 0.2) is 72.8 Å². The molecule has 0 aliphatic rings. The molecule has 0 radical (unpaired) electrons. The van der Waals surface area contributed by atoms with E-state index in [2.05, 4.69) is 48.6 Å². The van der Waals surface area contributed by atoms with Crippen molar-refractivity contribution in [1.29, 1.82) is 0 Å². The highest BCUT2D eigenvalue weighted by Crippen LogP contribution is 2.03. The Hall–Kier alpha value is -2.08. The van der Waals surface area contributed by atoms with E-state index in [4.69, 9.17) is 0 Å². The second-order valence-electron chi connectivity index (χ2n) is 3.54. The quantitative estimate of drug-likeness (QED) is 0.559. The molecule has 0 spiro atoms. The maximum Gasteiger partial charge on any atom is -0.0257 e. The summed E-state index contributed by atoms with van der Waals surface area (Å²) in [5.74, 6) is 0. The minimum atomic E-state index is 1.22. The number of rotatable bonds is 3. The van der Waals surface area contributed by atoms with E-state index in [1.54, 1.807) is 0 Å². The molecule has 2 aromatic rings. The van der Waals surface area contributed by atoms with Gasteiger partial charge in [-0.2, -0.15) is 0 Å². The molecule has 0 heterocycles. The Morgan fingerprint density at radius 2 is 0.800 bits per heavy atom. The van der Waals surface area contributed by atoms with Crippen molar-refractivity contribution in [2.75, 3.05) is 0 Å². The van der Waals surface area contributed by atoms with Crippen molar-refractivity contribution in [1.82, 2.24) is 0 Å². The second-order valence-corrected chi connectivity index (χ2v) is 3.54. The minimum absolute atomic E-state index is 1.22. The number of hydrogen-bond donors (Lipinski definition) is 0. The van der Waals surface area contributed by atoms with Crippen LogP contribution < -0.4 is 0 Å². The number of hydrogen-bond acceptors (Lipinski definition) is 0. The van der Waals surface area contributed by atoms with Crippen molar-refractivity contribution in [2.45, 2.75) is 27.7 Å². The molecule has 0 nitrogen and oxygen atoms in total. The summed E-state index contributed by atoms with van der Waals surface area (Å²) in [4.78, 5) is 0. The molecule has 2 rings (SSSR count). The van der Waals surface area contributed by atoms with Crippen molar-refractivity contribution >= 4 is 12.2 Å². The van der Waals surface area contributed by atoms with Crippen molar-refractivity contribution < 1.29 is 0 Å². The summed E-state index contributed by atoms with van der Waals surface area (Å²) in [6.07, 6.45) is 8.31. The Balaban J connectivity index is 0.000000829. The van der Waals surface area contributed by atoms with E-state index < -0.39 is 0 Å². The standard InChI is InChI=1S/C16H14.2C2H6/c1-3-9-15(10-4-1)13-7-8-14-16-11-5-2-6-12-16;2*1-2/h1-14H;2*1-2H3/b13-7+,14-8+;;. The minimum Gasteiger partial charge on any atom is -0.0683 e. The van der Waals surface area contributed by atoms with E-state index in [-0.39, 0.29) is 0 Å². The van der Waals surface area contributed by atoms with Crippen LogP contribution in [0.5, 0.6) is 0 Å². The molecule has 0 saturated carbocycles. The molecule has 20 heavy (non-hydrogen) atoms. The van der Waals surface area contributed by atoms with E-state index >= 15 is 0 Å². The summed E-state index contributed by atoms with van der Waals surface area (Å²) in [7, 11) is 0.